The van der Waals surface area contributed by atoms with Crippen molar-refractivity contribution in [1.29, 1.82) is 0 Å². The molecule has 0 aliphatic heterocycles. The quantitative estimate of drug-likeness (QED) is 0.590. The maximum absolute atomic E-state index is 13.0. The predicted molar refractivity (Wildman–Crippen MR) is 86.1 cm³/mol. The zero-order chi connectivity index (χ0) is 16.3. The molecule has 1 aromatic carbocycles. The molecular weight excluding hydrogens is 279 g/mol. The standard InChI is InChI=1S/C19H25FO2/c1-13-10-11-16(17(12-13)22-18(21)14(2)20)19(3,4)15-8-6-5-7-9-15/h5-9,13,16-17H,2,10-12H2,1,3-4H3/t13-,16-,17-/m0/s1. The van der Waals surface area contributed by atoms with Gasteiger partial charge < -0.3 is 4.74 Å². The summed E-state index contributed by atoms with van der Waals surface area (Å²) < 4.78 is 18.5. The van der Waals surface area contributed by atoms with Gasteiger partial charge in [-0.05, 0) is 29.7 Å². The Hall–Kier alpha value is -1.64. The van der Waals surface area contributed by atoms with Crippen molar-refractivity contribution in [2.75, 3.05) is 0 Å². The normalized spacial score (nSPS) is 25.5. The monoisotopic (exact) mass is 304 g/mol. The molecule has 2 nitrogen and oxygen atoms in total. The van der Waals surface area contributed by atoms with Crippen molar-refractivity contribution in [1.82, 2.24) is 0 Å². The van der Waals surface area contributed by atoms with Crippen LogP contribution in [0, 0.1) is 11.8 Å². The van der Waals surface area contributed by atoms with Crippen LogP contribution in [0.5, 0.6) is 0 Å². The maximum atomic E-state index is 13.0. The fraction of sp³-hybridized carbons (Fsp3) is 0.526. The van der Waals surface area contributed by atoms with Gasteiger partial charge in [-0.2, -0.15) is 4.39 Å². The second-order valence-electron chi connectivity index (χ2n) is 6.96. The minimum Gasteiger partial charge on any atom is -0.457 e. The number of halogens is 1. The average Bonchev–Trinajstić information content (AvgIpc) is 2.47. The van der Waals surface area contributed by atoms with Gasteiger partial charge in [0.15, 0.2) is 0 Å². The van der Waals surface area contributed by atoms with Crippen molar-refractivity contribution in [2.45, 2.75) is 51.6 Å². The van der Waals surface area contributed by atoms with Gasteiger partial charge in [-0.15, -0.1) is 0 Å². The Morgan fingerprint density at radius 3 is 2.50 bits per heavy atom. The molecule has 22 heavy (non-hydrogen) atoms. The van der Waals surface area contributed by atoms with Crippen LogP contribution in [0.15, 0.2) is 42.7 Å². The summed E-state index contributed by atoms with van der Waals surface area (Å²) in [7, 11) is 0. The number of carbonyl (C=O) groups is 1. The van der Waals surface area contributed by atoms with E-state index in [-0.39, 0.29) is 17.4 Å². The van der Waals surface area contributed by atoms with Crippen LogP contribution in [0.25, 0.3) is 0 Å². The third-order valence-corrected chi connectivity index (χ3v) is 4.98. The van der Waals surface area contributed by atoms with Crippen LogP contribution in [0.4, 0.5) is 4.39 Å². The first kappa shape index (κ1) is 16.7. The molecule has 0 bridgehead atoms. The molecule has 0 N–H and O–H groups in total. The van der Waals surface area contributed by atoms with E-state index in [1.165, 1.54) is 5.56 Å². The van der Waals surface area contributed by atoms with Crippen molar-refractivity contribution < 1.29 is 13.9 Å². The third kappa shape index (κ3) is 3.57. The molecule has 1 aliphatic carbocycles. The largest absolute Gasteiger partial charge is 0.457 e. The summed E-state index contributed by atoms with van der Waals surface area (Å²) in [5.74, 6) is -1.29. The molecular formula is C19H25FO2. The highest BCUT2D eigenvalue weighted by Gasteiger charge is 2.42. The molecule has 1 fully saturated rings. The van der Waals surface area contributed by atoms with Crippen LogP contribution in [-0.4, -0.2) is 12.1 Å². The summed E-state index contributed by atoms with van der Waals surface area (Å²) in [6, 6.07) is 10.2. The molecule has 1 aromatic rings. The fourth-order valence-corrected chi connectivity index (χ4v) is 3.57. The van der Waals surface area contributed by atoms with Crippen molar-refractivity contribution in [2.24, 2.45) is 11.8 Å². The molecule has 0 spiro atoms. The lowest BCUT2D eigenvalue weighted by molar-refractivity contribution is -0.153. The average molecular weight is 304 g/mol. The van der Waals surface area contributed by atoms with Crippen molar-refractivity contribution in [3.63, 3.8) is 0 Å². The minimum absolute atomic E-state index is 0.135. The number of hydrogen-bond acceptors (Lipinski definition) is 2. The van der Waals surface area contributed by atoms with Crippen LogP contribution < -0.4 is 0 Å². The topological polar surface area (TPSA) is 26.3 Å². The molecule has 2 rings (SSSR count). The summed E-state index contributed by atoms with van der Waals surface area (Å²) in [5.41, 5.74) is 1.08. The first-order valence-corrected chi connectivity index (χ1v) is 7.93. The number of carbonyl (C=O) groups excluding carboxylic acids is 1. The molecule has 0 saturated heterocycles. The van der Waals surface area contributed by atoms with E-state index in [1.54, 1.807) is 0 Å². The number of hydrogen-bond donors (Lipinski definition) is 0. The fourth-order valence-electron chi connectivity index (χ4n) is 3.57. The Labute approximate surface area is 132 Å². The van der Waals surface area contributed by atoms with Gasteiger partial charge in [0, 0.05) is 5.92 Å². The van der Waals surface area contributed by atoms with Crippen molar-refractivity contribution >= 4 is 5.97 Å². The highest BCUT2D eigenvalue weighted by Crippen LogP contribution is 2.43. The molecule has 0 heterocycles. The third-order valence-electron chi connectivity index (χ3n) is 4.98. The minimum atomic E-state index is -1.02. The van der Waals surface area contributed by atoms with E-state index in [9.17, 15) is 9.18 Å². The lowest BCUT2D eigenvalue weighted by atomic mass is 9.64. The van der Waals surface area contributed by atoms with Gasteiger partial charge in [-0.1, -0.05) is 64.1 Å². The van der Waals surface area contributed by atoms with Gasteiger partial charge in [-0.25, -0.2) is 4.79 Å². The van der Waals surface area contributed by atoms with Gasteiger partial charge in [0.1, 0.15) is 6.10 Å². The van der Waals surface area contributed by atoms with E-state index in [0.717, 1.165) is 19.3 Å². The van der Waals surface area contributed by atoms with E-state index in [2.05, 4.69) is 39.5 Å². The lowest BCUT2D eigenvalue weighted by Gasteiger charge is -2.43. The van der Waals surface area contributed by atoms with E-state index in [4.69, 9.17) is 4.74 Å². The molecule has 3 atom stereocenters. The SMILES string of the molecule is C=C(F)C(=O)O[C@H]1C[C@@H](C)CC[C@@H]1C(C)(C)c1ccccc1. The van der Waals surface area contributed by atoms with Gasteiger partial charge in [0.05, 0.1) is 0 Å². The van der Waals surface area contributed by atoms with Crippen LogP contribution in [0.1, 0.15) is 45.6 Å². The molecule has 3 heteroatoms. The second-order valence-corrected chi connectivity index (χ2v) is 6.96. The maximum Gasteiger partial charge on any atom is 0.366 e. The summed E-state index contributed by atoms with van der Waals surface area (Å²) in [6.45, 7) is 9.54. The van der Waals surface area contributed by atoms with Crippen molar-refractivity contribution in [3.05, 3.63) is 48.3 Å². The van der Waals surface area contributed by atoms with Gasteiger partial charge >= 0.3 is 5.97 Å². The molecule has 1 saturated carbocycles. The summed E-state index contributed by atoms with van der Waals surface area (Å²) in [5, 5.41) is 0. The highest BCUT2D eigenvalue weighted by molar-refractivity contribution is 5.85. The number of benzene rings is 1. The molecule has 1 aliphatic rings. The zero-order valence-electron chi connectivity index (χ0n) is 13.6. The predicted octanol–water partition coefficient (Wildman–Crippen LogP) is 4.80. The molecule has 0 amide bonds. The Morgan fingerprint density at radius 2 is 1.91 bits per heavy atom. The Balaban J connectivity index is 2.25. The van der Waals surface area contributed by atoms with E-state index in [0.29, 0.717) is 5.92 Å². The first-order valence-electron chi connectivity index (χ1n) is 7.93. The Morgan fingerprint density at radius 1 is 1.27 bits per heavy atom. The number of ether oxygens (including phenoxy) is 1. The molecule has 0 aromatic heterocycles. The van der Waals surface area contributed by atoms with Crippen molar-refractivity contribution in [3.8, 4) is 0 Å². The highest BCUT2D eigenvalue weighted by atomic mass is 19.1. The summed E-state index contributed by atoms with van der Waals surface area (Å²) >= 11 is 0. The van der Waals surface area contributed by atoms with Crippen LogP contribution in [0.3, 0.4) is 0 Å². The van der Waals surface area contributed by atoms with E-state index >= 15 is 0 Å². The zero-order valence-corrected chi connectivity index (χ0v) is 13.6. The van der Waals surface area contributed by atoms with Crippen LogP contribution in [0.2, 0.25) is 0 Å². The molecule has 0 unspecified atom stereocenters. The lowest BCUT2D eigenvalue weighted by Crippen LogP contribution is -2.43. The van der Waals surface area contributed by atoms with Gasteiger partial charge in [0.25, 0.3) is 0 Å². The smallest absolute Gasteiger partial charge is 0.366 e. The molecule has 0 radical (unpaired) electrons. The summed E-state index contributed by atoms with van der Waals surface area (Å²) in [4.78, 5) is 11.6. The Bertz CT molecular complexity index is 536. The van der Waals surface area contributed by atoms with Crippen LogP contribution >= 0.6 is 0 Å². The summed E-state index contributed by atoms with van der Waals surface area (Å²) in [6.07, 6.45) is 2.59. The Kier molecular flexibility index (Phi) is 5.05. The second kappa shape index (κ2) is 6.64. The number of rotatable bonds is 4. The van der Waals surface area contributed by atoms with Crippen LogP contribution in [-0.2, 0) is 14.9 Å². The van der Waals surface area contributed by atoms with E-state index in [1.807, 2.05) is 18.2 Å². The number of esters is 1. The molecule has 120 valence electrons. The first-order chi connectivity index (χ1) is 10.3. The van der Waals surface area contributed by atoms with Gasteiger partial charge in [0.2, 0.25) is 5.83 Å². The van der Waals surface area contributed by atoms with E-state index < -0.39 is 11.8 Å². The van der Waals surface area contributed by atoms with Gasteiger partial charge in [-0.3, -0.25) is 0 Å².